The van der Waals surface area contributed by atoms with Crippen LogP contribution < -0.4 is 5.43 Å². The topological polar surface area (TPSA) is 141 Å². The highest BCUT2D eigenvalue weighted by atomic mass is 35.5. The summed E-state index contributed by atoms with van der Waals surface area (Å²) in [5.41, 5.74) is 5.59. The second-order valence-corrected chi connectivity index (χ2v) is 10.9. The van der Waals surface area contributed by atoms with Gasteiger partial charge in [-0.2, -0.15) is 15.9 Å². The second kappa shape index (κ2) is 12.3. The van der Waals surface area contributed by atoms with Crippen molar-refractivity contribution in [2.75, 3.05) is 6.26 Å². The molecule has 10 nitrogen and oxygen atoms in total. The lowest BCUT2D eigenvalue weighted by Crippen LogP contribution is -2.12. The van der Waals surface area contributed by atoms with Gasteiger partial charge in [-0.05, 0) is 36.4 Å². The molecule has 202 valence electrons. The van der Waals surface area contributed by atoms with Gasteiger partial charge in [0, 0.05) is 24.7 Å². The summed E-state index contributed by atoms with van der Waals surface area (Å²) in [7, 11) is -2.89. The molecule has 2 aromatic carbocycles. The van der Waals surface area contributed by atoms with Crippen LogP contribution in [0.25, 0.3) is 17.2 Å². The molecule has 5 rings (SSSR count). The van der Waals surface area contributed by atoms with E-state index >= 15 is 0 Å². The molecule has 0 aliphatic carbocycles. The smallest absolute Gasteiger partial charge is 0.212 e. The number of nitrogens with one attached hydrogen (secondary N) is 1. The van der Waals surface area contributed by atoms with Crippen LogP contribution in [-0.2, 0) is 11.2 Å². The van der Waals surface area contributed by atoms with Crippen molar-refractivity contribution < 1.29 is 13.8 Å². The lowest BCUT2D eigenvalue weighted by molar-refractivity contribution is 0.186. The maximum atomic E-state index is 9.92. The third kappa shape index (κ3) is 6.38. The number of hydrazone groups is 1. The van der Waals surface area contributed by atoms with E-state index < -0.39 is 16.8 Å². The number of halogens is 1. The summed E-state index contributed by atoms with van der Waals surface area (Å²) in [5, 5.41) is 22.6. The Morgan fingerprint density at radius 3 is 2.44 bits per heavy atom. The fraction of sp³-hybridized carbons (Fsp3) is 0.222. The van der Waals surface area contributed by atoms with Crippen LogP contribution in [-0.4, -0.2) is 41.0 Å². The molecule has 1 aliphatic rings. The number of nitrogens with zero attached hydrogens (tertiary/aromatic N) is 6. The number of hydrogen-bond acceptors (Lipinski definition) is 9. The number of benzene rings is 2. The van der Waals surface area contributed by atoms with E-state index in [9.17, 15) is 9.11 Å². The summed E-state index contributed by atoms with van der Waals surface area (Å²) in [6.07, 6.45) is 3.24. The Morgan fingerprint density at radius 2 is 1.79 bits per heavy atom. The molecule has 0 fully saturated rings. The number of para-hydroxylation sites is 1. The molecule has 1 unspecified atom stereocenters. The molecule has 39 heavy (non-hydrogen) atoms. The van der Waals surface area contributed by atoms with E-state index in [4.69, 9.17) is 21.6 Å². The fourth-order valence-corrected chi connectivity index (χ4v) is 4.60. The van der Waals surface area contributed by atoms with Crippen molar-refractivity contribution in [3.05, 3.63) is 88.8 Å². The molecule has 12 heteroatoms. The first-order chi connectivity index (χ1) is 18.8. The van der Waals surface area contributed by atoms with Crippen molar-refractivity contribution in [1.29, 1.82) is 5.26 Å². The van der Waals surface area contributed by atoms with Gasteiger partial charge in [0.05, 0.1) is 33.4 Å². The molecule has 0 saturated carbocycles. The third-order valence-corrected chi connectivity index (χ3v) is 7.15. The Bertz CT molecular complexity index is 1490. The maximum Gasteiger partial charge on any atom is 0.212 e. The molecule has 4 aromatic rings. The van der Waals surface area contributed by atoms with Crippen molar-refractivity contribution in [2.24, 2.45) is 5.10 Å². The van der Waals surface area contributed by atoms with E-state index in [0.717, 1.165) is 5.56 Å². The maximum absolute atomic E-state index is 9.92. The second-order valence-electron chi connectivity index (χ2n) is 8.31. The highest BCUT2D eigenvalue weighted by molar-refractivity contribution is 8.23. The van der Waals surface area contributed by atoms with Gasteiger partial charge >= 0.3 is 0 Å². The first-order valence-electron chi connectivity index (χ1n) is 12.2. The zero-order chi connectivity index (χ0) is 28.0. The van der Waals surface area contributed by atoms with Gasteiger partial charge in [0.2, 0.25) is 12.1 Å². The monoisotopic (exact) mass is 565 g/mol. The molecular weight excluding hydrogens is 538 g/mol. The standard InChI is InChI=1S/C25H22ClN7O3S.C2H6/c1-37(34,35)18-10-11-20(28-15-18)24-31-29-22(33(24)21-5-3-2-4-19(21)26)12-13-23-30-32-25(36-23)17-8-6-16(14-27)7-9-17;1-2/h2-11,15,25,32,34-35H,12-13H2,1H3;1-2H3. The average Bonchev–Trinajstić information content (AvgIpc) is 3.60. The molecule has 0 amide bonds. The van der Waals surface area contributed by atoms with Gasteiger partial charge in [-0.3, -0.25) is 24.1 Å². The van der Waals surface area contributed by atoms with Gasteiger partial charge in [-0.1, -0.05) is 49.7 Å². The first kappa shape index (κ1) is 28.1. The number of aryl methyl sites for hydroxylation is 1. The van der Waals surface area contributed by atoms with E-state index in [0.29, 0.717) is 57.3 Å². The molecule has 1 atom stereocenters. The summed E-state index contributed by atoms with van der Waals surface area (Å²) >= 11 is 6.53. The zero-order valence-corrected chi connectivity index (χ0v) is 23.2. The SMILES string of the molecule is CC.CS(O)(O)c1ccc(-c2nnc(CCC3=NNC(c4ccc(C#N)cc4)O3)n2-c2ccccc2Cl)nc1. The van der Waals surface area contributed by atoms with Crippen LogP contribution in [0.3, 0.4) is 0 Å². The van der Waals surface area contributed by atoms with E-state index in [1.54, 1.807) is 30.3 Å². The Labute approximate surface area is 233 Å². The summed E-state index contributed by atoms with van der Waals surface area (Å²) in [6, 6.07) is 19.8. The van der Waals surface area contributed by atoms with Crippen LogP contribution in [0.4, 0.5) is 0 Å². The quantitative estimate of drug-likeness (QED) is 0.241. The Hall–Kier alpha value is -3.95. The highest BCUT2D eigenvalue weighted by Gasteiger charge is 2.24. The molecule has 1 aliphatic heterocycles. The minimum absolute atomic E-state index is 0.334. The predicted octanol–water partition coefficient (Wildman–Crippen LogP) is 6.18. The van der Waals surface area contributed by atoms with Crippen molar-refractivity contribution in [3.8, 4) is 23.3 Å². The van der Waals surface area contributed by atoms with Crippen LogP contribution >= 0.6 is 22.2 Å². The largest absolute Gasteiger partial charge is 0.450 e. The third-order valence-electron chi connectivity index (χ3n) is 5.70. The van der Waals surface area contributed by atoms with E-state index in [1.165, 1.54) is 12.5 Å². The minimum atomic E-state index is -2.89. The van der Waals surface area contributed by atoms with Gasteiger partial charge in [-0.25, -0.2) is 0 Å². The van der Waals surface area contributed by atoms with Gasteiger partial charge in [0.25, 0.3) is 0 Å². The Balaban J connectivity index is 0.00000172. The molecule has 0 spiro atoms. The summed E-state index contributed by atoms with van der Waals surface area (Å²) < 4.78 is 27.6. The molecule has 0 radical (unpaired) electrons. The molecule has 0 bridgehead atoms. The van der Waals surface area contributed by atoms with Crippen molar-refractivity contribution in [3.63, 3.8) is 0 Å². The van der Waals surface area contributed by atoms with Gasteiger partial charge in [0.1, 0.15) is 11.5 Å². The number of nitriles is 1. The molecule has 3 N–H and O–H groups in total. The molecule has 3 heterocycles. The minimum Gasteiger partial charge on any atom is -0.450 e. The van der Waals surface area contributed by atoms with Gasteiger partial charge < -0.3 is 4.74 Å². The molecule has 2 aromatic heterocycles. The van der Waals surface area contributed by atoms with Gasteiger partial charge in [-0.15, -0.1) is 15.3 Å². The Kier molecular flexibility index (Phi) is 8.83. The highest BCUT2D eigenvalue weighted by Crippen LogP contribution is 2.43. The summed E-state index contributed by atoms with van der Waals surface area (Å²) in [6.45, 7) is 4.00. The summed E-state index contributed by atoms with van der Waals surface area (Å²) in [4.78, 5) is 4.73. The van der Waals surface area contributed by atoms with Crippen LogP contribution in [0.2, 0.25) is 5.02 Å². The van der Waals surface area contributed by atoms with Crippen LogP contribution in [0.1, 0.15) is 43.4 Å². The average molecular weight is 566 g/mol. The van der Waals surface area contributed by atoms with Gasteiger partial charge in [0.15, 0.2) is 5.82 Å². The van der Waals surface area contributed by atoms with E-state index in [1.807, 2.05) is 48.7 Å². The number of aromatic nitrogens is 4. The normalized spacial score (nSPS) is 14.8. The molecular formula is C27H28ClN7O3S. The number of ether oxygens (including phenoxy) is 1. The number of hydrogen-bond donors (Lipinski definition) is 3. The van der Waals surface area contributed by atoms with Crippen molar-refractivity contribution in [1.82, 2.24) is 25.2 Å². The molecule has 0 saturated heterocycles. The van der Waals surface area contributed by atoms with Crippen LogP contribution in [0, 0.1) is 11.3 Å². The number of pyridine rings is 1. The predicted molar refractivity (Wildman–Crippen MR) is 152 cm³/mol. The van der Waals surface area contributed by atoms with Crippen LogP contribution in [0.5, 0.6) is 0 Å². The van der Waals surface area contributed by atoms with Crippen LogP contribution in [0.15, 0.2) is 76.9 Å². The van der Waals surface area contributed by atoms with Crippen molar-refractivity contribution >= 4 is 28.1 Å². The number of rotatable bonds is 7. The Morgan fingerprint density at radius 1 is 1.05 bits per heavy atom. The van der Waals surface area contributed by atoms with Crippen molar-refractivity contribution in [2.45, 2.75) is 37.8 Å². The lowest BCUT2D eigenvalue weighted by atomic mass is 10.1. The first-order valence-corrected chi connectivity index (χ1v) is 14.5. The lowest BCUT2D eigenvalue weighted by Gasteiger charge is -2.26. The summed E-state index contributed by atoms with van der Waals surface area (Å²) in [5.74, 6) is 1.60. The zero-order valence-electron chi connectivity index (χ0n) is 21.6. The van der Waals surface area contributed by atoms with E-state index in [2.05, 4.69) is 31.8 Å². The fourth-order valence-electron chi connectivity index (χ4n) is 3.80. The van der Waals surface area contributed by atoms with E-state index in [-0.39, 0.29) is 0 Å².